The molecule has 0 aromatic heterocycles. The molecular weight excluding hydrogens is 384 g/mol. The molecule has 4 rings (SSSR count). The van der Waals surface area contributed by atoms with Gasteiger partial charge in [0.2, 0.25) is 17.7 Å². The molecule has 1 aliphatic carbocycles. The standard InChI is InChI=1S/C20H23ClN2O3S/c21-12-5-6-17-15(11-12)16(8-10-27-17)22-18(24)7-9-23-19(25)13-3-1-2-4-14(13)20(23)26/h5-6,11,13-14,16H,1-4,7-10H2,(H,22,24)/t13-,14-,16-/m1/s1. The van der Waals surface area contributed by atoms with Crippen molar-refractivity contribution < 1.29 is 14.4 Å². The summed E-state index contributed by atoms with van der Waals surface area (Å²) in [5.74, 6) is 0.338. The molecule has 0 radical (unpaired) electrons. The maximum absolute atomic E-state index is 12.5. The lowest BCUT2D eigenvalue weighted by molar-refractivity contribution is -0.140. The molecule has 3 aliphatic rings. The normalized spacial score (nSPS) is 27.3. The van der Waals surface area contributed by atoms with E-state index in [0.29, 0.717) is 5.02 Å². The first-order valence-corrected chi connectivity index (χ1v) is 11.0. The highest BCUT2D eigenvalue weighted by Crippen LogP contribution is 2.39. The molecule has 1 aromatic carbocycles. The molecule has 144 valence electrons. The third kappa shape index (κ3) is 3.74. The number of carbonyl (C=O) groups excluding carboxylic acids is 3. The third-order valence-electron chi connectivity index (χ3n) is 5.84. The highest BCUT2D eigenvalue weighted by atomic mass is 35.5. The number of thioether (sulfide) groups is 1. The number of imide groups is 1. The van der Waals surface area contributed by atoms with E-state index in [2.05, 4.69) is 5.32 Å². The molecule has 2 aliphatic heterocycles. The number of rotatable bonds is 4. The SMILES string of the molecule is O=C(CCN1C(=O)[C@@H]2CCCC[C@H]2C1=O)N[C@@H]1CCSc2ccc(Cl)cc21. The van der Waals surface area contributed by atoms with Gasteiger partial charge in [0.15, 0.2) is 0 Å². The fourth-order valence-corrected chi connectivity index (χ4v) is 5.73. The maximum atomic E-state index is 12.5. The van der Waals surface area contributed by atoms with E-state index >= 15 is 0 Å². The second kappa shape index (κ2) is 7.84. The van der Waals surface area contributed by atoms with Crippen molar-refractivity contribution >= 4 is 41.1 Å². The second-order valence-corrected chi connectivity index (χ2v) is 9.09. The second-order valence-electron chi connectivity index (χ2n) is 7.51. The highest BCUT2D eigenvalue weighted by Gasteiger charge is 2.47. The van der Waals surface area contributed by atoms with E-state index in [-0.39, 0.29) is 48.6 Å². The molecule has 7 heteroatoms. The maximum Gasteiger partial charge on any atom is 0.233 e. The number of benzene rings is 1. The molecule has 27 heavy (non-hydrogen) atoms. The van der Waals surface area contributed by atoms with Crippen LogP contribution in [0.25, 0.3) is 0 Å². The van der Waals surface area contributed by atoms with E-state index in [9.17, 15) is 14.4 Å². The van der Waals surface area contributed by atoms with Crippen LogP contribution in [0, 0.1) is 11.8 Å². The zero-order valence-corrected chi connectivity index (χ0v) is 16.7. The van der Waals surface area contributed by atoms with Crippen LogP contribution in [0.3, 0.4) is 0 Å². The van der Waals surface area contributed by atoms with Gasteiger partial charge in [0, 0.05) is 28.6 Å². The first-order chi connectivity index (χ1) is 13.0. The summed E-state index contributed by atoms with van der Waals surface area (Å²) in [5.41, 5.74) is 1.05. The Morgan fingerprint density at radius 2 is 1.85 bits per heavy atom. The van der Waals surface area contributed by atoms with Crippen molar-refractivity contribution in [3.8, 4) is 0 Å². The van der Waals surface area contributed by atoms with Gasteiger partial charge in [-0.25, -0.2) is 0 Å². The zero-order chi connectivity index (χ0) is 19.0. The van der Waals surface area contributed by atoms with Gasteiger partial charge in [-0.3, -0.25) is 19.3 Å². The number of amides is 3. The molecule has 1 saturated carbocycles. The Morgan fingerprint density at radius 1 is 1.15 bits per heavy atom. The topological polar surface area (TPSA) is 66.5 Å². The average molecular weight is 407 g/mol. The Balaban J connectivity index is 1.36. The van der Waals surface area contributed by atoms with Gasteiger partial charge >= 0.3 is 0 Å². The van der Waals surface area contributed by atoms with Crippen LogP contribution in [0.2, 0.25) is 5.02 Å². The molecule has 0 unspecified atom stereocenters. The van der Waals surface area contributed by atoms with Crippen LogP contribution in [0.5, 0.6) is 0 Å². The van der Waals surface area contributed by atoms with Crippen LogP contribution in [0.1, 0.15) is 50.1 Å². The summed E-state index contributed by atoms with van der Waals surface area (Å²) in [7, 11) is 0. The fraction of sp³-hybridized carbons (Fsp3) is 0.550. The predicted octanol–water partition coefficient (Wildman–Crippen LogP) is 3.56. The van der Waals surface area contributed by atoms with E-state index in [1.165, 1.54) is 4.90 Å². The number of halogens is 1. The number of carbonyl (C=O) groups is 3. The van der Waals surface area contributed by atoms with Gasteiger partial charge in [-0.1, -0.05) is 24.4 Å². The first-order valence-electron chi connectivity index (χ1n) is 9.61. The van der Waals surface area contributed by atoms with Crippen molar-refractivity contribution in [3.05, 3.63) is 28.8 Å². The Labute approximate surface area is 168 Å². The van der Waals surface area contributed by atoms with Gasteiger partial charge in [0.25, 0.3) is 0 Å². The molecule has 1 aromatic rings. The number of nitrogens with zero attached hydrogens (tertiary/aromatic N) is 1. The largest absolute Gasteiger partial charge is 0.349 e. The molecule has 3 atom stereocenters. The molecule has 2 fully saturated rings. The van der Waals surface area contributed by atoms with E-state index in [4.69, 9.17) is 11.6 Å². The predicted molar refractivity (Wildman–Crippen MR) is 104 cm³/mol. The summed E-state index contributed by atoms with van der Waals surface area (Å²) in [4.78, 5) is 40.0. The lowest BCUT2D eigenvalue weighted by Gasteiger charge is -2.26. The molecule has 0 bridgehead atoms. The van der Waals surface area contributed by atoms with Gasteiger partial charge in [0.1, 0.15) is 0 Å². The lowest BCUT2D eigenvalue weighted by atomic mass is 9.81. The quantitative estimate of drug-likeness (QED) is 0.776. The van der Waals surface area contributed by atoms with Crippen LogP contribution in [0.15, 0.2) is 23.1 Å². The number of likely N-dealkylation sites (tertiary alicyclic amines) is 1. The van der Waals surface area contributed by atoms with Crippen LogP contribution in [0.4, 0.5) is 0 Å². The molecule has 5 nitrogen and oxygen atoms in total. The third-order valence-corrected chi connectivity index (χ3v) is 7.20. The summed E-state index contributed by atoms with van der Waals surface area (Å²) in [6.07, 6.45) is 4.61. The van der Waals surface area contributed by atoms with Gasteiger partial charge in [-0.05, 0) is 43.0 Å². The average Bonchev–Trinajstić information content (AvgIpc) is 2.91. The van der Waals surface area contributed by atoms with Crippen molar-refractivity contribution in [2.45, 2.75) is 49.5 Å². The first kappa shape index (κ1) is 18.8. The van der Waals surface area contributed by atoms with Crippen LogP contribution >= 0.6 is 23.4 Å². The Hall–Kier alpha value is -1.53. The molecular formula is C20H23ClN2O3S. The number of nitrogens with one attached hydrogen (secondary N) is 1. The van der Waals surface area contributed by atoms with Crippen LogP contribution < -0.4 is 5.32 Å². The molecule has 3 amide bonds. The van der Waals surface area contributed by atoms with Crippen molar-refractivity contribution in [2.24, 2.45) is 11.8 Å². The minimum absolute atomic E-state index is 0.0694. The summed E-state index contributed by atoms with van der Waals surface area (Å²) >= 11 is 7.88. The Morgan fingerprint density at radius 3 is 2.56 bits per heavy atom. The van der Waals surface area contributed by atoms with Gasteiger partial charge in [0.05, 0.1) is 17.9 Å². The van der Waals surface area contributed by atoms with Crippen molar-refractivity contribution in [3.63, 3.8) is 0 Å². The van der Waals surface area contributed by atoms with E-state index < -0.39 is 0 Å². The van der Waals surface area contributed by atoms with E-state index in [1.807, 2.05) is 18.2 Å². The van der Waals surface area contributed by atoms with Gasteiger partial charge in [-0.15, -0.1) is 11.8 Å². The number of hydrogen-bond acceptors (Lipinski definition) is 4. The van der Waals surface area contributed by atoms with Crippen molar-refractivity contribution in [2.75, 3.05) is 12.3 Å². The molecule has 1 saturated heterocycles. The number of fused-ring (bicyclic) bond motifs is 2. The van der Waals surface area contributed by atoms with Crippen molar-refractivity contribution in [1.29, 1.82) is 0 Å². The number of hydrogen-bond donors (Lipinski definition) is 1. The summed E-state index contributed by atoms with van der Waals surface area (Å²) in [6, 6.07) is 5.69. The summed E-state index contributed by atoms with van der Waals surface area (Å²) in [5, 5.41) is 3.72. The molecule has 0 spiro atoms. The fourth-order valence-electron chi connectivity index (χ4n) is 4.45. The van der Waals surface area contributed by atoms with Crippen LogP contribution in [-0.4, -0.2) is 34.9 Å². The van der Waals surface area contributed by atoms with Gasteiger partial charge in [-0.2, -0.15) is 0 Å². The summed E-state index contributed by atoms with van der Waals surface area (Å²) < 4.78 is 0. The van der Waals surface area contributed by atoms with Crippen molar-refractivity contribution in [1.82, 2.24) is 10.2 Å². The van der Waals surface area contributed by atoms with Crippen LogP contribution in [-0.2, 0) is 14.4 Å². The Kier molecular flexibility index (Phi) is 5.46. The molecule has 1 N–H and O–H groups in total. The Bertz CT molecular complexity index is 760. The molecule has 2 heterocycles. The minimum Gasteiger partial charge on any atom is -0.349 e. The highest BCUT2D eigenvalue weighted by molar-refractivity contribution is 7.99. The smallest absolute Gasteiger partial charge is 0.233 e. The minimum atomic E-state index is -0.154. The van der Waals surface area contributed by atoms with Gasteiger partial charge < -0.3 is 5.32 Å². The summed E-state index contributed by atoms with van der Waals surface area (Å²) in [6.45, 7) is 0.181. The van der Waals surface area contributed by atoms with E-state index in [1.54, 1.807) is 11.8 Å². The monoisotopic (exact) mass is 406 g/mol. The lowest BCUT2D eigenvalue weighted by Crippen LogP contribution is -2.37. The zero-order valence-electron chi connectivity index (χ0n) is 15.1. The van der Waals surface area contributed by atoms with E-state index in [0.717, 1.165) is 48.3 Å².